The van der Waals surface area contributed by atoms with E-state index in [1.807, 2.05) is 41.0 Å². The summed E-state index contributed by atoms with van der Waals surface area (Å²) in [7, 11) is 0. The van der Waals surface area contributed by atoms with Crippen molar-refractivity contribution < 1.29 is 0 Å². The normalized spacial score (nSPS) is 13.7. The van der Waals surface area contributed by atoms with E-state index in [4.69, 9.17) is 21.0 Å². The van der Waals surface area contributed by atoms with Gasteiger partial charge in [0, 0.05) is 49.3 Å². The van der Waals surface area contributed by atoms with Gasteiger partial charge in [0.1, 0.15) is 29.2 Å². The molecule has 46 heavy (non-hydrogen) atoms. The van der Waals surface area contributed by atoms with Crippen LogP contribution in [0.25, 0.3) is 39.5 Å². The zero-order valence-corrected chi connectivity index (χ0v) is 24.7. The number of rotatable bonds is 7. The van der Waals surface area contributed by atoms with Crippen LogP contribution in [0.1, 0.15) is 29.9 Å². The highest BCUT2D eigenvalue weighted by Crippen LogP contribution is 2.32. The van der Waals surface area contributed by atoms with Gasteiger partial charge in [-0.25, -0.2) is 29.9 Å². The van der Waals surface area contributed by atoms with Gasteiger partial charge < -0.3 is 11.1 Å². The molecule has 6 heterocycles. The standard InChI is InChI=1S/C34H28N12/c35-17-30-26(3-1-13-38-30)28-9-10-29-34(43-28)46(33(44-29)27-4-2-14-39-32(27)37)25-7-5-22(6-8-25)21-45-15-11-23(12-16-45)42-24-19-40-31(18-36)41-20-24/h1-10,13-14,19-20,23,42H,11-12,15-16,21H2,(H2,37,39). The van der Waals surface area contributed by atoms with Crippen molar-refractivity contribution in [3.63, 3.8) is 0 Å². The summed E-state index contributed by atoms with van der Waals surface area (Å²) in [5, 5.41) is 22.0. The van der Waals surface area contributed by atoms with E-state index in [0.29, 0.717) is 51.4 Å². The first kappa shape index (κ1) is 28.5. The lowest BCUT2D eigenvalue weighted by Gasteiger charge is -2.32. The summed E-state index contributed by atoms with van der Waals surface area (Å²) in [5.41, 5.74) is 12.9. The van der Waals surface area contributed by atoms with Crippen molar-refractivity contribution in [1.82, 2.24) is 39.4 Å². The number of hydrogen-bond acceptors (Lipinski definition) is 11. The average molecular weight is 605 g/mol. The summed E-state index contributed by atoms with van der Waals surface area (Å²) in [6, 6.07) is 24.0. The number of aromatic nitrogens is 7. The van der Waals surface area contributed by atoms with Crippen LogP contribution in [0.3, 0.4) is 0 Å². The maximum absolute atomic E-state index is 9.64. The molecule has 0 bridgehead atoms. The molecule has 12 heteroatoms. The van der Waals surface area contributed by atoms with Gasteiger partial charge in [0.15, 0.2) is 11.5 Å². The number of likely N-dealkylation sites (tertiary alicyclic amines) is 1. The van der Waals surface area contributed by atoms with Crippen LogP contribution < -0.4 is 11.1 Å². The lowest BCUT2D eigenvalue weighted by atomic mass is 10.0. The number of fused-ring (bicyclic) bond motifs is 1. The van der Waals surface area contributed by atoms with Crippen LogP contribution in [0, 0.1) is 22.7 Å². The van der Waals surface area contributed by atoms with E-state index in [1.54, 1.807) is 30.9 Å². The Kier molecular flexibility index (Phi) is 7.69. The van der Waals surface area contributed by atoms with Crippen molar-refractivity contribution in [1.29, 1.82) is 10.5 Å². The van der Waals surface area contributed by atoms with E-state index >= 15 is 0 Å². The molecule has 1 aromatic carbocycles. The number of anilines is 2. The first-order chi connectivity index (χ1) is 22.6. The molecule has 12 nitrogen and oxygen atoms in total. The van der Waals surface area contributed by atoms with E-state index in [2.05, 4.69) is 60.5 Å². The highest BCUT2D eigenvalue weighted by molar-refractivity contribution is 5.85. The van der Waals surface area contributed by atoms with Gasteiger partial charge in [0.05, 0.1) is 29.3 Å². The molecule has 1 fully saturated rings. The van der Waals surface area contributed by atoms with Crippen LogP contribution in [-0.4, -0.2) is 58.5 Å². The topological polar surface area (TPSA) is 171 Å². The van der Waals surface area contributed by atoms with Crippen LogP contribution in [0.4, 0.5) is 11.5 Å². The minimum Gasteiger partial charge on any atom is -0.383 e. The van der Waals surface area contributed by atoms with Crippen molar-refractivity contribution in [2.75, 3.05) is 24.1 Å². The molecule has 0 spiro atoms. The Morgan fingerprint density at radius 3 is 2.28 bits per heavy atom. The quantitative estimate of drug-likeness (QED) is 0.258. The molecule has 6 aromatic rings. The summed E-state index contributed by atoms with van der Waals surface area (Å²) < 4.78 is 1.99. The van der Waals surface area contributed by atoms with E-state index in [1.165, 1.54) is 5.56 Å². The van der Waals surface area contributed by atoms with Crippen molar-refractivity contribution in [3.05, 3.63) is 103 Å². The Morgan fingerprint density at radius 2 is 1.57 bits per heavy atom. The van der Waals surface area contributed by atoms with Crippen molar-refractivity contribution in [3.8, 4) is 40.5 Å². The predicted molar refractivity (Wildman–Crippen MR) is 173 cm³/mol. The van der Waals surface area contributed by atoms with Crippen molar-refractivity contribution in [2.24, 2.45) is 0 Å². The number of nitrogens with two attached hydrogens (primary N) is 1. The Labute approximate surface area is 264 Å². The Morgan fingerprint density at radius 1 is 0.826 bits per heavy atom. The molecule has 0 atom stereocenters. The third-order valence-corrected chi connectivity index (χ3v) is 8.08. The summed E-state index contributed by atoms with van der Waals surface area (Å²) in [6.45, 7) is 2.75. The smallest absolute Gasteiger partial charge is 0.232 e. The molecule has 3 N–H and O–H groups in total. The molecular weight excluding hydrogens is 576 g/mol. The summed E-state index contributed by atoms with van der Waals surface area (Å²) in [5.74, 6) is 1.18. The molecule has 1 aliphatic heterocycles. The molecular formula is C34H28N12. The minimum absolute atomic E-state index is 0.171. The average Bonchev–Trinajstić information content (AvgIpc) is 3.48. The number of nitrogens with one attached hydrogen (secondary N) is 1. The number of nitrogen functional groups attached to an aromatic ring is 1. The van der Waals surface area contributed by atoms with E-state index < -0.39 is 0 Å². The zero-order chi connectivity index (χ0) is 31.5. The number of nitrogens with zero attached hydrogens (tertiary/aromatic N) is 10. The maximum atomic E-state index is 9.64. The van der Waals surface area contributed by atoms with Gasteiger partial charge in [-0.15, -0.1) is 0 Å². The number of benzene rings is 1. The third-order valence-electron chi connectivity index (χ3n) is 8.08. The van der Waals surface area contributed by atoms with E-state index in [-0.39, 0.29) is 5.82 Å². The highest BCUT2D eigenvalue weighted by Gasteiger charge is 2.21. The van der Waals surface area contributed by atoms with Gasteiger partial charge in [-0.2, -0.15) is 10.5 Å². The second-order valence-electron chi connectivity index (χ2n) is 11.0. The number of imidazole rings is 1. The largest absolute Gasteiger partial charge is 0.383 e. The van der Waals surface area contributed by atoms with Gasteiger partial charge in [0.2, 0.25) is 5.82 Å². The van der Waals surface area contributed by atoms with Crippen LogP contribution in [0.15, 0.2) is 85.5 Å². The van der Waals surface area contributed by atoms with Gasteiger partial charge >= 0.3 is 0 Å². The molecule has 5 aromatic heterocycles. The SMILES string of the molecule is N#Cc1ncc(NC2CCN(Cc3ccc(-n4c(-c5cccnc5N)nc5ccc(-c6cccnc6C#N)nc54)cc3)CC2)cn1. The first-order valence-electron chi connectivity index (χ1n) is 14.9. The van der Waals surface area contributed by atoms with Gasteiger partial charge in [0.25, 0.3) is 0 Å². The minimum atomic E-state index is 0.171. The second-order valence-corrected chi connectivity index (χ2v) is 11.0. The lowest BCUT2D eigenvalue weighted by Crippen LogP contribution is -2.38. The number of piperidine rings is 1. The molecule has 0 saturated carbocycles. The second kappa shape index (κ2) is 12.4. The third kappa shape index (κ3) is 5.68. The number of hydrogen-bond donors (Lipinski definition) is 2. The lowest BCUT2D eigenvalue weighted by molar-refractivity contribution is 0.211. The van der Waals surface area contributed by atoms with Crippen LogP contribution in [0.5, 0.6) is 0 Å². The zero-order valence-electron chi connectivity index (χ0n) is 24.7. The van der Waals surface area contributed by atoms with Gasteiger partial charge in [-0.05, 0) is 66.9 Å². The monoisotopic (exact) mass is 604 g/mol. The van der Waals surface area contributed by atoms with Gasteiger partial charge in [-0.1, -0.05) is 12.1 Å². The predicted octanol–water partition coefficient (Wildman–Crippen LogP) is 4.74. The number of nitriles is 2. The molecule has 7 rings (SSSR count). The van der Waals surface area contributed by atoms with Crippen LogP contribution >= 0.6 is 0 Å². The summed E-state index contributed by atoms with van der Waals surface area (Å²) in [4.78, 5) is 29.0. The van der Waals surface area contributed by atoms with E-state index in [0.717, 1.165) is 43.9 Å². The Hall–Kier alpha value is -6.24. The fourth-order valence-corrected chi connectivity index (χ4v) is 5.78. The Balaban J connectivity index is 1.14. The maximum Gasteiger partial charge on any atom is 0.232 e. The van der Waals surface area contributed by atoms with E-state index in [9.17, 15) is 5.26 Å². The number of pyridine rings is 3. The van der Waals surface area contributed by atoms with Gasteiger partial charge in [-0.3, -0.25) is 9.47 Å². The molecule has 1 saturated heterocycles. The summed E-state index contributed by atoms with van der Waals surface area (Å²) >= 11 is 0. The van der Waals surface area contributed by atoms with Crippen molar-refractivity contribution in [2.45, 2.75) is 25.4 Å². The molecule has 0 amide bonds. The molecule has 0 aliphatic carbocycles. The van der Waals surface area contributed by atoms with Crippen molar-refractivity contribution >= 4 is 22.7 Å². The fourth-order valence-electron chi connectivity index (χ4n) is 5.78. The van der Waals surface area contributed by atoms with Crippen LogP contribution in [-0.2, 0) is 6.54 Å². The highest BCUT2D eigenvalue weighted by atomic mass is 15.2. The van der Waals surface area contributed by atoms with Crippen LogP contribution in [0.2, 0.25) is 0 Å². The molecule has 0 unspecified atom stereocenters. The summed E-state index contributed by atoms with van der Waals surface area (Å²) in [6.07, 6.45) is 8.57. The fraction of sp³-hybridized carbons (Fsp3) is 0.176. The molecule has 224 valence electrons. The first-order valence-corrected chi connectivity index (χ1v) is 14.9. The Bertz CT molecular complexity index is 2100. The molecule has 1 aliphatic rings. The molecule has 0 radical (unpaired) electrons.